The van der Waals surface area contributed by atoms with Gasteiger partial charge in [0.2, 0.25) is 0 Å². The molecule has 0 spiro atoms. The smallest absolute Gasteiger partial charge is 0.0459 e. The first-order valence-electron chi connectivity index (χ1n) is 5.95. The second-order valence-electron chi connectivity index (χ2n) is 5.00. The fourth-order valence-electron chi connectivity index (χ4n) is 3.01. The maximum atomic E-state index is 6.23. The van der Waals surface area contributed by atoms with Crippen molar-refractivity contribution in [2.24, 2.45) is 0 Å². The van der Waals surface area contributed by atoms with Crippen molar-refractivity contribution in [2.45, 2.75) is 32.4 Å². The van der Waals surface area contributed by atoms with Crippen molar-refractivity contribution in [1.82, 2.24) is 5.32 Å². The summed E-state index contributed by atoms with van der Waals surface area (Å²) >= 11 is 6.23. The Balaban J connectivity index is 2.06. The number of anilines is 1. The maximum Gasteiger partial charge on any atom is 0.0459 e. The molecule has 1 N–H and O–H groups in total. The second-order valence-corrected chi connectivity index (χ2v) is 5.41. The van der Waals surface area contributed by atoms with Crippen LogP contribution in [0.1, 0.15) is 18.1 Å². The largest absolute Gasteiger partial charge is 0.363 e. The Hall–Kier alpha value is -0.730. The molecule has 0 unspecified atom stereocenters. The first-order chi connectivity index (χ1) is 7.66. The number of benzene rings is 1. The molecule has 1 aromatic rings. The SMILES string of the molecule is Cc1cc2c(cc1Cl)N1[C@@H](CNC[C@H]1C)C2. The van der Waals surface area contributed by atoms with Crippen molar-refractivity contribution in [1.29, 1.82) is 0 Å². The van der Waals surface area contributed by atoms with Crippen LogP contribution in [0.3, 0.4) is 0 Å². The highest BCUT2D eigenvalue weighted by Crippen LogP contribution is 2.38. The van der Waals surface area contributed by atoms with E-state index >= 15 is 0 Å². The van der Waals surface area contributed by atoms with Crippen molar-refractivity contribution in [3.8, 4) is 0 Å². The zero-order valence-electron chi connectivity index (χ0n) is 9.76. The monoisotopic (exact) mass is 236 g/mol. The highest BCUT2D eigenvalue weighted by Gasteiger charge is 2.35. The Labute approximate surface area is 102 Å². The van der Waals surface area contributed by atoms with Gasteiger partial charge in [0.15, 0.2) is 0 Å². The number of hydrogen-bond donors (Lipinski definition) is 1. The second kappa shape index (κ2) is 3.64. The minimum absolute atomic E-state index is 0.568. The van der Waals surface area contributed by atoms with Crippen molar-refractivity contribution in [3.05, 3.63) is 28.3 Å². The van der Waals surface area contributed by atoms with E-state index < -0.39 is 0 Å². The molecular formula is C13H17ClN2. The van der Waals surface area contributed by atoms with Gasteiger partial charge < -0.3 is 10.2 Å². The third kappa shape index (κ3) is 1.44. The van der Waals surface area contributed by atoms with Gasteiger partial charge in [0.05, 0.1) is 0 Å². The molecule has 2 aliphatic heterocycles. The number of fused-ring (bicyclic) bond motifs is 3. The summed E-state index contributed by atoms with van der Waals surface area (Å²) in [5.41, 5.74) is 4.01. The molecule has 0 aromatic heterocycles. The van der Waals surface area contributed by atoms with Crippen LogP contribution in [-0.2, 0) is 6.42 Å². The molecular weight excluding hydrogens is 220 g/mol. The Bertz CT molecular complexity index is 430. The summed E-state index contributed by atoms with van der Waals surface area (Å²) < 4.78 is 0. The summed E-state index contributed by atoms with van der Waals surface area (Å²) in [6.07, 6.45) is 1.16. The van der Waals surface area contributed by atoms with Crippen molar-refractivity contribution < 1.29 is 0 Å². The van der Waals surface area contributed by atoms with Gasteiger partial charge in [0.25, 0.3) is 0 Å². The summed E-state index contributed by atoms with van der Waals surface area (Å²) in [5, 5.41) is 4.39. The summed E-state index contributed by atoms with van der Waals surface area (Å²) in [4.78, 5) is 2.54. The lowest BCUT2D eigenvalue weighted by molar-refractivity contribution is 0.430. The Morgan fingerprint density at radius 2 is 2.19 bits per heavy atom. The Morgan fingerprint density at radius 3 is 3.00 bits per heavy atom. The molecule has 2 atom stereocenters. The van der Waals surface area contributed by atoms with Crippen LogP contribution < -0.4 is 10.2 Å². The summed E-state index contributed by atoms with van der Waals surface area (Å²) in [6.45, 7) is 6.53. The van der Waals surface area contributed by atoms with Crippen LogP contribution in [0.4, 0.5) is 5.69 Å². The molecule has 3 heteroatoms. The summed E-state index contributed by atoms with van der Waals surface area (Å²) in [5.74, 6) is 0. The molecule has 1 aromatic carbocycles. The van der Waals surface area contributed by atoms with E-state index in [-0.39, 0.29) is 0 Å². The zero-order chi connectivity index (χ0) is 11.3. The van der Waals surface area contributed by atoms with Crippen molar-refractivity contribution in [3.63, 3.8) is 0 Å². The van der Waals surface area contributed by atoms with Gasteiger partial charge in [0.1, 0.15) is 0 Å². The predicted molar refractivity (Wildman–Crippen MR) is 68.5 cm³/mol. The van der Waals surface area contributed by atoms with Gasteiger partial charge in [-0.2, -0.15) is 0 Å². The fraction of sp³-hybridized carbons (Fsp3) is 0.538. The molecule has 1 saturated heterocycles. The van der Waals surface area contributed by atoms with E-state index in [1.807, 2.05) is 0 Å². The van der Waals surface area contributed by atoms with Crippen LogP contribution in [0.15, 0.2) is 12.1 Å². The molecule has 0 amide bonds. The van der Waals surface area contributed by atoms with Crippen molar-refractivity contribution in [2.75, 3.05) is 18.0 Å². The van der Waals surface area contributed by atoms with E-state index in [9.17, 15) is 0 Å². The van der Waals surface area contributed by atoms with E-state index in [0.29, 0.717) is 12.1 Å². The highest BCUT2D eigenvalue weighted by molar-refractivity contribution is 6.31. The van der Waals surface area contributed by atoms with Gasteiger partial charge >= 0.3 is 0 Å². The van der Waals surface area contributed by atoms with E-state index in [2.05, 4.69) is 36.2 Å². The van der Waals surface area contributed by atoms with E-state index in [1.165, 1.54) is 16.8 Å². The summed E-state index contributed by atoms with van der Waals surface area (Å²) in [6, 6.07) is 5.59. The van der Waals surface area contributed by atoms with Gasteiger partial charge in [-0.25, -0.2) is 0 Å². The van der Waals surface area contributed by atoms with Gasteiger partial charge in [-0.1, -0.05) is 17.7 Å². The molecule has 3 rings (SSSR count). The normalized spacial score (nSPS) is 27.8. The molecule has 2 nitrogen and oxygen atoms in total. The number of piperazine rings is 1. The molecule has 2 aliphatic rings. The molecule has 86 valence electrons. The molecule has 0 radical (unpaired) electrons. The fourth-order valence-corrected chi connectivity index (χ4v) is 3.17. The van der Waals surface area contributed by atoms with Gasteiger partial charge in [-0.05, 0) is 37.5 Å². The van der Waals surface area contributed by atoms with Gasteiger partial charge in [-0.15, -0.1) is 0 Å². The standard InChI is InChI=1S/C13H17ClN2/c1-8-3-10-4-11-7-15-6-9(2)16(11)13(10)5-12(8)14/h3,5,9,11,15H,4,6-7H2,1-2H3/t9-,11-/m1/s1. The summed E-state index contributed by atoms with van der Waals surface area (Å²) in [7, 11) is 0. The predicted octanol–water partition coefficient (Wildman–Crippen LogP) is 2.37. The van der Waals surface area contributed by atoms with Crippen LogP contribution >= 0.6 is 11.6 Å². The quantitative estimate of drug-likeness (QED) is 0.744. The van der Waals surface area contributed by atoms with E-state index in [1.54, 1.807) is 0 Å². The van der Waals surface area contributed by atoms with Crippen LogP contribution in [0.2, 0.25) is 5.02 Å². The highest BCUT2D eigenvalue weighted by atomic mass is 35.5. The number of rotatable bonds is 0. The minimum Gasteiger partial charge on any atom is -0.363 e. The number of halogens is 1. The average molecular weight is 237 g/mol. The maximum absolute atomic E-state index is 6.23. The Kier molecular flexibility index (Phi) is 2.37. The van der Waals surface area contributed by atoms with Crippen LogP contribution in [0, 0.1) is 6.92 Å². The molecule has 0 aliphatic carbocycles. The molecule has 1 fully saturated rings. The van der Waals surface area contributed by atoms with Gasteiger partial charge in [0, 0.05) is 35.9 Å². The van der Waals surface area contributed by atoms with Gasteiger partial charge in [-0.3, -0.25) is 0 Å². The number of aryl methyl sites for hydroxylation is 1. The van der Waals surface area contributed by atoms with Crippen LogP contribution in [0.5, 0.6) is 0 Å². The third-order valence-electron chi connectivity index (χ3n) is 3.78. The lowest BCUT2D eigenvalue weighted by Gasteiger charge is -2.38. The number of hydrogen-bond acceptors (Lipinski definition) is 2. The lowest BCUT2D eigenvalue weighted by atomic mass is 10.1. The first kappa shape index (κ1) is 10.4. The van der Waals surface area contributed by atoms with E-state index in [4.69, 9.17) is 11.6 Å². The Morgan fingerprint density at radius 1 is 1.38 bits per heavy atom. The zero-order valence-corrected chi connectivity index (χ0v) is 10.5. The first-order valence-corrected chi connectivity index (χ1v) is 6.32. The van der Waals surface area contributed by atoms with Crippen LogP contribution in [-0.4, -0.2) is 25.2 Å². The number of nitrogens with one attached hydrogen (secondary N) is 1. The minimum atomic E-state index is 0.568. The topological polar surface area (TPSA) is 15.3 Å². The van der Waals surface area contributed by atoms with Crippen LogP contribution in [0.25, 0.3) is 0 Å². The molecule has 0 bridgehead atoms. The van der Waals surface area contributed by atoms with Crippen molar-refractivity contribution >= 4 is 17.3 Å². The lowest BCUT2D eigenvalue weighted by Crippen LogP contribution is -2.54. The average Bonchev–Trinajstić information content (AvgIpc) is 2.58. The molecule has 0 saturated carbocycles. The molecule has 16 heavy (non-hydrogen) atoms. The molecule has 2 heterocycles. The third-order valence-corrected chi connectivity index (χ3v) is 4.19. The van der Waals surface area contributed by atoms with E-state index in [0.717, 1.165) is 24.5 Å². The number of nitrogens with zero attached hydrogens (tertiary/aromatic N) is 1.